The Labute approximate surface area is 135 Å². The third-order valence-corrected chi connectivity index (χ3v) is 4.48. The summed E-state index contributed by atoms with van der Waals surface area (Å²) in [5.41, 5.74) is 7.80. The Hall–Kier alpha value is -2.18. The van der Waals surface area contributed by atoms with Crippen LogP contribution < -0.4 is 11.1 Å². The van der Waals surface area contributed by atoms with Crippen LogP contribution in [0.4, 0.5) is 0 Å². The summed E-state index contributed by atoms with van der Waals surface area (Å²) in [4.78, 5) is 16.5. The minimum absolute atomic E-state index is 0.0471. The number of amides is 1. The fourth-order valence-electron chi connectivity index (χ4n) is 3.12. The number of para-hydroxylation sites is 1. The summed E-state index contributed by atoms with van der Waals surface area (Å²) in [6.07, 6.45) is 4.06. The highest BCUT2D eigenvalue weighted by atomic mass is 16.3. The molecule has 1 saturated carbocycles. The third kappa shape index (κ3) is 3.28. The standard InChI is InChI=1S/C17H22N4O2/c1-11-19-6-7-21(11)15-5-3-2-4-12(15)10-20-17(23)13-8-14(18)16(22)9-13/h2-7,13-14,16,22H,8-10,18H2,1H3,(H,20,23)/t13-,14-,16-/m0/s1. The van der Waals surface area contributed by atoms with E-state index in [9.17, 15) is 9.90 Å². The SMILES string of the molecule is Cc1nccn1-c1ccccc1CNC(=O)[C@H]1C[C@H](N)[C@@H](O)C1. The van der Waals surface area contributed by atoms with Crippen molar-refractivity contribution in [2.24, 2.45) is 11.7 Å². The summed E-state index contributed by atoms with van der Waals surface area (Å²) >= 11 is 0. The van der Waals surface area contributed by atoms with Gasteiger partial charge in [-0.1, -0.05) is 18.2 Å². The van der Waals surface area contributed by atoms with Crippen LogP contribution in [-0.2, 0) is 11.3 Å². The fourth-order valence-corrected chi connectivity index (χ4v) is 3.12. The van der Waals surface area contributed by atoms with Gasteiger partial charge in [0.2, 0.25) is 5.91 Å². The van der Waals surface area contributed by atoms with Gasteiger partial charge in [-0.2, -0.15) is 0 Å². The number of aliphatic hydroxyl groups is 1. The molecule has 0 saturated heterocycles. The van der Waals surface area contributed by atoms with Crippen molar-refractivity contribution < 1.29 is 9.90 Å². The van der Waals surface area contributed by atoms with Crippen molar-refractivity contribution in [1.82, 2.24) is 14.9 Å². The van der Waals surface area contributed by atoms with E-state index in [0.717, 1.165) is 17.1 Å². The van der Waals surface area contributed by atoms with Gasteiger partial charge in [0.05, 0.1) is 11.8 Å². The Morgan fingerprint density at radius 2 is 2.22 bits per heavy atom. The van der Waals surface area contributed by atoms with Gasteiger partial charge < -0.3 is 20.7 Å². The van der Waals surface area contributed by atoms with Crippen LogP contribution in [0.25, 0.3) is 5.69 Å². The maximum atomic E-state index is 12.3. The highest BCUT2D eigenvalue weighted by molar-refractivity contribution is 5.79. The number of aromatic nitrogens is 2. The van der Waals surface area contributed by atoms with Crippen molar-refractivity contribution in [1.29, 1.82) is 0 Å². The zero-order valence-electron chi connectivity index (χ0n) is 13.1. The Morgan fingerprint density at radius 1 is 1.43 bits per heavy atom. The lowest BCUT2D eigenvalue weighted by molar-refractivity contribution is -0.125. The number of nitrogens with zero attached hydrogens (tertiary/aromatic N) is 2. The summed E-state index contributed by atoms with van der Waals surface area (Å²) in [6, 6.07) is 7.61. The van der Waals surface area contributed by atoms with Crippen LogP contribution in [0.2, 0.25) is 0 Å². The molecule has 4 N–H and O–H groups in total. The first kappa shape index (κ1) is 15.7. The average molecular weight is 314 g/mol. The molecule has 2 aromatic rings. The molecule has 0 unspecified atom stereocenters. The summed E-state index contributed by atoms with van der Waals surface area (Å²) in [7, 11) is 0. The zero-order valence-corrected chi connectivity index (χ0v) is 13.1. The van der Waals surface area contributed by atoms with Crippen LogP contribution >= 0.6 is 0 Å². The molecule has 1 fully saturated rings. The molecule has 0 spiro atoms. The van der Waals surface area contributed by atoms with Crippen molar-refractivity contribution in [2.45, 2.75) is 38.5 Å². The Balaban J connectivity index is 1.70. The van der Waals surface area contributed by atoms with E-state index in [2.05, 4.69) is 10.3 Å². The van der Waals surface area contributed by atoms with Gasteiger partial charge >= 0.3 is 0 Å². The normalized spacial score (nSPS) is 23.9. The van der Waals surface area contributed by atoms with Crippen LogP contribution in [0.1, 0.15) is 24.2 Å². The number of carbonyl (C=O) groups is 1. The Kier molecular flexibility index (Phi) is 4.45. The molecule has 122 valence electrons. The summed E-state index contributed by atoms with van der Waals surface area (Å²) < 4.78 is 2.00. The maximum Gasteiger partial charge on any atom is 0.223 e. The van der Waals surface area contributed by atoms with E-state index in [1.165, 1.54) is 0 Å². The molecule has 3 atom stereocenters. The molecule has 0 radical (unpaired) electrons. The van der Waals surface area contributed by atoms with E-state index >= 15 is 0 Å². The van der Waals surface area contributed by atoms with E-state index in [4.69, 9.17) is 5.73 Å². The number of imidazole rings is 1. The smallest absolute Gasteiger partial charge is 0.223 e. The lowest BCUT2D eigenvalue weighted by Gasteiger charge is -2.14. The van der Waals surface area contributed by atoms with Gasteiger partial charge in [0.15, 0.2) is 0 Å². The van der Waals surface area contributed by atoms with E-state index in [1.54, 1.807) is 6.20 Å². The van der Waals surface area contributed by atoms with Crippen molar-refractivity contribution in [3.8, 4) is 5.69 Å². The van der Waals surface area contributed by atoms with Crippen molar-refractivity contribution in [3.63, 3.8) is 0 Å². The Morgan fingerprint density at radius 3 is 2.87 bits per heavy atom. The van der Waals surface area contributed by atoms with Gasteiger partial charge in [-0.25, -0.2) is 4.98 Å². The lowest BCUT2D eigenvalue weighted by atomic mass is 10.1. The minimum Gasteiger partial charge on any atom is -0.391 e. The molecule has 6 nitrogen and oxygen atoms in total. The van der Waals surface area contributed by atoms with Crippen molar-refractivity contribution >= 4 is 5.91 Å². The largest absolute Gasteiger partial charge is 0.391 e. The van der Waals surface area contributed by atoms with Crippen LogP contribution in [-0.4, -0.2) is 32.7 Å². The van der Waals surface area contributed by atoms with Crippen molar-refractivity contribution in [2.75, 3.05) is 0 Å². The molecule has 3 rings (SSSR count). The first-order valence-electron chi connectivity index (χ1n) is 7.86. The zero-order chi connectivity index (χ0) is 16.4. The first-order valence-corrected chi connectivity index (χ1v) is 7.86. The highest BCUT2D eigenvalue weighted by Gasteiger charge is 2.34. The predicted octanol–water partition coefficient (Wildman–Crippen LogP) is 0.895. The number of nitrogens with one attached hydrogen (secondary N) is 1. The van der Waals surface area contributed by atoms with Gasteiger partial charge in [-0.15, -0.1) is 0 Å². The predicted molar refractivity (Wildman–Crippen MR) is 86.9 cm³/mol. The second kappa shape index (κ2) is 6.52. The van der Waals surface area contributed by atoms with E-state index in [-0.39, 0.29) is 17.9 Å². The lowest BCUT2D eigenvalue weighted by Crippen LogP contribution is -2.30. The van der Waals surface area contributed by atoms with Crippen LogP contribution in [0.15, 0.2) is 36.7 Å². The van der Waals surface area contributed by atoms with Crippen molar-refractivity contribution in [3.05, 3.63) is 48.0 Å². The number of hydrogen-bond acceptors (Lipinski definition) is 4. The van der Waals surface area contributed by atoms with Crippen LogP contribution in [0, 0.1) is 12.8 Å². The van der Waals surface area contributed by atoms with E-state index in [1.807, 2.05) is 42.0 Å². The van der Waals surface area contributed by atoms with E-state index < -0.39 is 6.10 Å². The second-order valence-corrected chi connectivity index (χ2v) is 6.09. The second-order valence-electron chi connectivity index (χ2n) is 6.09. The van der Waals surface area contributed by atoms with E-state index in [0.29, 0.717) is 19.4 Å². The number of benzene rings is 1. The molecular formula is C17H22N4O2. The highest BCUT2D eigenvalue weighted by Crippen LogP contribution is 2.25. The molecule has 1 aliphatic carbocycles. The number of aliphatic hydroxyl groups excluding tert-OH is 1. The quantitative estimate of drug-likeness (QED) is 0.781. The number of hydrogen-bond donors (Lipinski definition) is 3. The Bertz CT molecular complexity index is 687. The molecular weight excluding hydrogens is 292 g/mol. The molecule has 1 heterocycles. The molecule has 23 heavy (non-hydrogen) atoms. The number of aryl methyl sites for hydroxylation is 1. The van der Waals surface area contributed by atoms with Crippen LogP contribution in [0.5, 0.6) is 0 Å². The molecule has 0 aliphatic heterocycles. The van der Waals surface area contributed by atoms with Gasteiger partial charge in [0.1, 0.15) is 5.82 Å². The van der Waals surface area contributed by atoms with Crippen LogP contribution in [0.3, 0.4) is 0 Å². The molecule has 0 bridgehead atoms. The fraction of sp³-hybridized carbons (Fsp3) is 0.412. The third-order valence-electron chi connectivity index (χ3n) is 4.48. The number of carbonyl (C=O) groups excluding carboxylic acids is 1. The summed E-state index contributed by atoms with van der Waals surface area (Å²) in [5, 5.41) is 12.7. The number of rotatable bonds is 4. The molecule has 1 aromatic carbocycles. The summed E-state index contributed by atoms with van der Waals surface area (Å²) in [6.45, 7) is 2.38. The first-order chi connectivity index (χ1) is 11.1. The molecule has 1 amide bonds. The van der Waals surface area contributed by atoms with Gasteiger partial charge in [0.25, 0.3) is 0 Å². The average Bonchev–Trinajstić information content (AvgIpc) is 3.11. The molecule has 6 heteroatoms. The monoisotopic (exact) mass is 314 g/mol. The van der Waals surface area contributed by atoms with Gasteiger partial charge in [-0.3, -0.25) is 4.79 Å². The topological polar surface area (TPSA) is 93.2 Å². The van der Waals surface area contributed by atoms with Gasteiger partial charge in [0, 0.05) is 30.9 Å². The number of nitrogens with two attached hydrogens (primary N) is 1. The maximum absolute atomic E-state index is 12.3. The minimum atomic E-state index is -0.577. The molecule has 1 aliphatic rings. The summed E-state index contributed by atoms with van der Waals surface area (Å²) in [5.74, 6) is 0.643. The van der Waals surface area contributed by atoms with Gasteiger partial charge in [-0.05, 0) is 31.4 Å². The molecule has 1 aromatic heterocycles.